The maximum Gasteiger partial charge on any atom is 0.339 e. The Morgan fingerprint density at radius 3 is 2.36 bits per heavy atom. The van der Waals surface area contributed by atoms with Crippen LogP contribution in [0.1, 0.15) is 29.3 Å². The second-order valence-electron chi connectivity index (χ2n) is 4.45. The Labute approximate surface area is 128 Å². The lowest BCUT2D eigenvalue weighted by Crippen LogP contribution is -2.12. The van der Waals surface area contributed by atoms with Gasteiger partial charge in [-0.1, -0.05) is 19.1 Å². The fourth-order valence-electron chi connectivity index (χ4n) is 1.82. The zero-order valence-corrected chi connectivity index (χ0v) is 12.6. The summed E-state index contributed by atoms with van der Waals surface area (Å²) in [6.45, 7) is 1.69. The van der Waals surface area contributed by atoms with Crippen molar-refractivity contribution in [3.05, 3.63) is 59.7 Å². The van der Waals surface area contributed by atoms with Gasteiger partial charge < -0.3 is 4.18 Å². The first-order valence-corrected chi connectivity index (χ1v) is 7.95. The molecule has 112 valence electrons. The van der Waals surface area contributed by atoms with Crippen LogP contribution in [0, 0.1) is 11.3 Å². The minimum Gasteiger partial charge on any atom is -0.378 e. The molecule has 5 nitrogen and oxygen atoms in total. The number of ketones is 1. The summed E-state index contributed by atoms with van der Waals surface area (Å²) in [4.78, 5) is 11.8. The van der Waals surface area contributed by atoms with Gasteiger partial charge >= 0.3 is 10.1 Å². The lowest BCUT2D eigenvalue weighted by atomic mass is 10.1. The molecule has 0 heterocycles. The second-order valence-corrected chi connectivity index (χ2v) is 5.99. The molecule has 22 heavy (non-hydrogen) atoms. The number of Topliss-reactive ketones (excluding diaryl/α,β-unsaturated/α-hetero) is 1. The first kappa shape index (κ1) is 15.7. The molecule has 6 heteroatoms. The summed E-state index contributed by atoms with van der Waals surface area (Å²) in [5.74, 6) is -0.204. The predicted octanol–water partition coefficient (Wildman–Crippen LogP) is 2.92. The Morgan fingerprint density at radius 2 is 1.77 bits per heavy atom. The third-order valence-corrected chi connectivity index (χ3v) is 4.23. The van der Waals surface area contributed by atoms with Crippen molar-refractivity contribution in [2.45, 2.75) is 18.2 Å². The van der Waals surface area contributed by atoms with Gasteiger partial charge in [-0.2, -0.15) is 13.7 Å². The molecule has 0 radical (unpaired) electrons. The van der Waals surface area contributed by atoms with Crippen LogP contribution in [0.5, 0.6) is 5.75 Å². The maximum atomic E-state index is 12.2. The Balaban J connectivity index is 2.37. The Hall–Kier alpha value is -2.65. The highest BCUT2D eigenvalue weighted by molar-refractivity contribution is 7.87. The highest BCUT2D eigenvalue weighted by atomic mass is 32.2. The molecule has 0 aliphatic carbocycles. The first-order valence-electron chi connectivity index (χ1n) is 6.55. The van der Waals surface area contributed by atoms with Crippen molar-refractivity contribution >= 4 is 15.9 Å². The number of para-hydroxylation sites is 1. The van der Waals surface area contributed by atoms with Crippen LogP contribution in [-0.4, -0.2) is 14.2 Å². The van der Waals surface area contributed by atoms with Gasteiger partial charge in [-0.3, -0.25) is 4.79 Å². The van der Waals surface area contributed by atoms with Gasteiger partial charge in [0.05, 0.1) is 17.2 Å². The van der Waals surface area contributed by atoms with Crippen LogP contribution >= 0.6 is 0 Å². The van der Waals surface area contributed by atoms with Crippen LogP contribution in [-0.2, 0) is 10.1 Å². The standard InChI is InChI=1S/C16H13NO4S/c1-2-15(18)14-5-3-4-6-16(14)21-22(19,20)13-9-7-12(11-17)8-10-13/h3-10H,2H2,1H3. The number of nitriles is 1. The highest BCUT2D eigenvalue weighted by Gasteiger charge is 2.20. The van der Waals surface area contributed by atoms with Crippen molar-refractivity contribution < 1.29 is 17.4 Å². The normalized spacial score (nSPS) is 10.7. The summed E-state index contributed by atoms with van der Waals surface area (Å²) in [5.41, 5.74) is 0.572. The summed E-state index contributed by atoms with van der Waals surface area (Å²) in [6.07, 6.45) is 0.247. The molecular formula is C16H13NO4S. The lowest BCUT2D eigenvalue weighted by Gasteiger charge is -2.10. The fraction of sp³-hybridized carbons (Fsp3) is 0.125. The van der Waals surface area contributed by atoms with Crippen molar-refractivity contribution in [1.29, 1.82) is 5.26 Å². The van der Waals surface area contributed by atoms with Crippen molar-refractivity contribution in [2.24, 2.45) is 0 Å². The Kier molecular flexibility index (Phi) is 4.59. The molecule has 0 saturated heterocycles. The van der Waals surface area contributed by atoms with Crippen molar-refractivity contribution in [3.8, 4) is 11.8 Å². The summed E-state index contributed by atoms with van der Waals surface area (Å²) in [7, 11) is -4.06. The molecule has 0 saturated carbocycles. The smallest absolute Gasteiger partial charge is 0.339 e. The largest absolute Gasteiger partial charge is 0.378 e. The monoisotopic (exact) mass is 315 g/mol. The van der Waals surface area contributed by atoms with E-state index in [4.69, 9.17) is 9.44 Å². The fourth-order valence-corrected chi connectivity index (χ4v) is 2.77. The average Bonchev–Trinajstić information content (AvgIpc) is 2.54. The molecule has 2 aromatic carbocycles. The van der Waals surface area contributed by atoms with E-state index in [0.29, 0.717) is 5.56 Å². The molecule has 0 spiro atoms. The van der Waals surface area contributed by atoms with E-state index in [1.165, 1.54) is 36.4 Å². The van der Waals surface area contributed by atoms with Gasteiger partial charge in [0.15, 0.2) is 11.5 Å². The van der Waals surface area contributed by atoms with Crippen molar-refractivity contribution in [3.63, 3.8) is 0 Å². The summed E-state index contributed by atoms with van der Waals surface area (Å²) < 4.78 is 29.6. The summed E-state index contributed by atoms with van der Waals surface area (Å²) in [5, 5.41) is 8.72. The van der Waals surface area contributed by atoms with Gasteiger partial charge in [-0.05, 0) is 36.4 Å². The van der Waals surface area contributed by atoms with E-state index in [1.54, 1.807) is 19.1 Å². The number of benzene rings is 2. The van der Waals surface area contributed by atoms with E-state index in [2.05, 4.69) is 0 Å². The maximum absolute atomic E-state index is 12.2. The quantitative estimate of drug-likeness (QED) is 0.625. The van der Waals surface area contributed by atoms with Crippen molar-refractivity contribution in [2.75, 3.05) is 0 Å². The number of rotatable bonds is 5. The van der Waals surface area contributed by atoms with Crippen LogP contribution in [0.4, 0.5) is 0 Å². The molecule has 0 bridgehead atoms. The number of carbonyl (C=O) groups is 1. The van der Waals surface area contributed by atoms with E-state index in [-0.39, 0.29) is 28.4 Å². The lowest BCUT2D eigenvalue weighted by molar-refractivity contribution is 0.0986. The summed E-state index contributed by atoms with van der Waals surface area (Å²) in [6, 6.07) is 13.5. The molecule has 0 amide bonds. The van der Waals surface area contributed by atoms with Gasteiger partial charge in [0.25, 0.3) is 0 Å². The topological polar surface area (TPSA) is 84.2 Å². The number of nitrogens with zero attached hydrogens (tertiary/aromatic N) is 1. The molecule has 0 aromatic heterocycles. The SMILES string of the molecule is CCC(=O)c1ccccc1OS(=O)(=O)c1ccc(C#N)cc1. The summed E-state index contributed by atoms with van der Waals surface area (Å²) >= 11 is 0. The highest BCUT2D eigenvalue weighted by Crippen LogP contribution is 2.24. The van der Waals surface area contributed by atoms with Crippen LogP contribution < -0.4 is 4.18 Å². The average molecular weight is 315 g/mol. The molecule has 0 N–H and O–H groups in total. The van der Waals surface area contributed by atoms with Crippen LogP contribution in [0.15, 0.2) is 53.4 Å². The van der Waals surface area contributed by atoms with E-state index in [9.17, 15) is 13.2 Å². The third-order valence-electron chi connectivity index (χ3n) is 2.98. The predicted molar refractivity (Wildman–Crippen MR) is 80.0 cm³/mol. The third kappa shape index (κ3) is 3.32. The molecule has 0 aliphatic heterocycles. The van der Waals surface area contributed by atoms with Gasteiger partial charge in [-0.15, -0.1) is 0 Å². The Morgan fingerprint density at radius 1 is 1.14 bits per heavy atom. The van der Waals surface area contributed by atoms with Gasteiger partial charge in [-0.25, -0.2) is 0 Å². The number of carbonyl (C=O) groups excluding carboxylic acids is 1. The van der Waals surface area contributed by atoms with E-state index < -0.39 is 10.1 Å². The van der Waals surface area contributed by atoms with Crippen LogP contribution in [0.25, 0.3) is 0 Å². The zero-order chi connectivity index (χ0) is 16.2. The van der Waals surface area contributed by atoms with Crippen LogP contribution in [0.3, 0.4) is 0 Å². The molecule has 0 atom stereocenters. The first-order chi connectivity index (χ1) is 10.5. The minimum atomic E-state index is -4.06. The minimum absolute atomic E-state index is 0.00119. The molecular weight excluding hydrogens is 302 g/mol. The van der Waals surface area contributed by atoms with E-state index in [1.807, 2.05) is 6.07 Å². The molecule has 0 unspecified atom stereocenters. The molecule has 2 aromatic rings. The van der Waals surface area contributed by atoms with Crippen LogP contribution in [0.2, 0.25) is 0 Å². The van der Waals surface area contributed by atoms with Gasteiger partial charge in [0.2, 0.25) is 0 Å². The number of hydrogen-bond donors (Lipinski definition) is 0. The number of hydrogen-bond acceptors (Lipinski definition) is 5. The molecule has 2 rings (SSSR count). The van der Waals surface area contributed by atoms with Gasteiger partial charge in [0.1, 0.15) is 4.90 Å². The molecule has 0 aliphatic rings. The van der Waals surface area contributed by atoms with Gasteiger partial charge in [0, 0.05) is 6.42 Å². The van der Waals surface area contributed by atoms with E-state index >= 15 is 0 Å². The molecule has 0 fully saturated rings. The zero-order valence-electron chi connectivity index (χ0n) is 11.8. The Bertz CT molecular complexity index is 833. The second kappa shape index (κ2) is 6.41. The van der Waals surface area contributed by atoms with Crippen molar-refractivity contribution in [1.82, 2.24) is 0 Å². The van der Waals surface area contributed by atoms with E-state index in [0.717, 1.165) is 0 Å².